The summed E-state index contributed by atoms with van der Waals surface area (Å²) in [5.74, 6) is -0.129. The summed E-state index contributed by atoms with van der Waals surface area (Å²) >= 11 is 0. The van der Waals surface area contributed by atoms with Gasteiger partial charge in [-0.1, -0.05) is 42.8 Å². The number of carbonyl (C=O) groups excluding carboxylic acids is 1. The fraction of sp³-hybridized carbons (Fsp3) is 0.333. The van der Waals surface area contributed by atoms with Crippen molar-refractivity contribution in [2.75, 3.05) is 11.9 Å². The van der Waals surface area contributed by atoms with Crippen LogP contribution in [0.25, 0.3) is 5.69 Å². The number of amides is 1. The molecular weight excluding hydrogens is 360 g/mol. The number of benzene rings is 2. The largest absolute Gasteiger partial charge is 0.320 e. The molecule has 2 aromatic carbocycles. The van der Waals surface area contributed by atoms with E-state index in [4.69, 9.17) is 5.10 Å². The van der Waals surface area contributed by atoms with Gasteiger partial charge >= 0.3 is 0 Å². The van der Waals surface area contributed by atoms with E-state index in [0.717, 1.165) is 54.9 Å². The van der Waals surface area contributed by atoms with Gasteiger partial charge in [-0.2, -0.15) is 5.10 Å². The van der Waals surface area contributed by atoms with Gasteiger partial charge in [-0.05, 0) is 62.9 Å². The second kappa shape index (κ2) is 8.21. The van der Waals surface area contributed by atoms with Crippen molar-refractivity contribution in [3.05, 3.63) is 76.1 Å². The van der Waals surface area contributed by atoms with E-state index in [-0.39, 0.29) is 5.91 Å². The first-order valence-electron chi connectivity index (χ1n) is 10.4. The molecule has 29 heavy (non-hydrogen) atoms. The van der Waals surface area contributed by atoms with Gasteiger partial charge in [-0.3, -0.25) is 4.79 Å². The van der Waals surface area contributed by atoms with Crippen molar-refractivity contribution in [3.8, 4) is 5.69 Å². The Balaban J connectivity index is 1.67. The zero-order valence-corrected chi connectivity index (χ0v) is 17.4. The summed E-state index contributed by atoms with van der Waals surface area (Å²) in [6.07, 6.45) is 2.93. The highest BCUT2D eigenvalue weighted by molar-refractivity contribution is 6.04. The standard InChI is InChI=1S/C24H28N4O/c1-4-25-15-18-8-5-6-10-20(18)26-24(29)23-19-9-7-11-22(19)28(27-23)21-13-12-16(2)14-17(21)3/h5-6,8,10,12-14,25H,4,7,9,11,15H2,1-3H3,(H,26,29). The predicted octanol–water partition coefficient (Wildman–Crippen LogP) is 4.34. The highest BCUT2D eigenvalue weighted by Gasteiger charge is 2.27. The highest BCUT2D eigenvalue weighted by Crippen LogP contribution is 2.30. The van der Waals surface area contributed by atoms with Crippen LogP contribution < -0.4 is 10.6 Å². The summed E-state index contributed by atoms with van der Waals surface area (Å²) in [5.41, 5.74) is 8.18. The number of aryl methyl sites for hydroxylation is 2. The lowest BCUT2D eigenvalue weighted by atomic mass is 10.1. The lowest BCUT2D eigenvalue weighted by molar-refractivity contribution is 0.102. The molecule has 0 atom stereocenters. The molecular formula is C24H28N4O. The van der Waals surface area contributed by atoms with Crippen molar-refractivity contribution in [1.29, 1.82) is 0 Å². The van der Waals surface area contributed by atoms with Crippen molar-refractivity contribution in [3.63, 3.8) is 0 Å². The van der Waals surface area contributed by atoms with Gasteiger partial charge in [0, 0.05) is 23.5 Å². The fourth-order valence-electron chi connectivity index (χ4n) is 4.10. The number of hydrogen-bond donors (Lipinski definition) is 2. The topological polar surface area (TPSA) is 58.9 Å². The molecule has 5 nitrogen and oxygen atoms in total. The average Bonchev–Trinajstić information content (AvgIpc) is 3.30. The molecule has 0 fully saturated rings. The maximum absolute atomic E-state index is 13.2. The molecule has 3 aromatic rings. The molecule has 0 bridgehead atoms. The Morgan fingerprint density at radius 2 is 1.97 bits per heavy atom. The minimum atomic E-state index is -0.129. The third-order valence-electron chi connectivity index (χ3n) is 5.56. The number of anilines is 1. The van der Waals surface area contributed by atoms with Crippen LogP contribution in [-0.2, 0) is 19.4 Å². The van der Waals surface area contributed by atoms with Crippen LogP contribution in [0.5, 0.6) is 0 Å². The number of carbonyl (C=O) groups is 1. The molecule has 150 valence electrons. The van der Waals surface area contributed by atoms with Crippen LogP contribution in [-0.4, -0.2) is 22.2 Å². The van der Waals surface area contributed by atoms with Crippen LogP contribution >= 0.6 is 0 Å². The maximum atomic E-state index is 13.2. The van der Waals surface area contributed by atoms with E-state index >= 15 is 0 Å². The number of nitrogens with one attached hydrogen (secondary N) is 2. The van der Waals surface area contributed by atoms with Crippen LogP contribution in [0.15, 0.2) is 42.5 Å². The second-order valence-corrected chi connectivity index (χ2v) is 7.72. The zero-order chi connectivity index (χ0) is 20.4. The molecule has 2 N–H and O–H groups in total. The first kappa shape index (κ1) is 19.4. The zero-order valence-electron chi connectivity index (χ0n) is 17.4. The number of aromatic nitrogens is 2. The van der Waals surface area contributed by atoms with Crippen molar-refractivity contribution in [2.45, 2.75) is 46.6 Å². The van der Waals surface area contributed by atoms with Gasteiger partial charge in [-0.25, -0.2) is 4.68 Å². The molecule has 1 aliphatic rings. The molecule has 1 aromatic heterocycles. The quantitative estimate of drug-likeness (QED) is 0.660. The van der Waals surface area contributed by atoms with Crippen LogP contribution in [0.2, 0.25) is 0 Å². The van der Waals surface area contributed by atoms with Gasteiger partial charge in [0.15, 0.2) is 5.69 Å². The smallest absolute Gasteiger partial charge is 0.276 e. The lowest BCUT2D eigenvalue weighted by Crippen LogP contribution is -2.18. The summed E-state index contributed by atoms with van der Waals surface area (Å²) in [7, 11) is 0. The predicted molar refractivity (Wildman–Crippen MR) is 117 cm³/mol. The summed E-state index contributed by atoms with van der Waals surface area (Å²) in [6, 6.07) is 14.3. The normalized spacial score (nSPS) is 12.8. The Hall–Kier alpha value is -2.92. The van der Waals surface area contributed by atoms with Crippen molar-refractivity contribution in [2.24, 2.45) is 0 Å². The van der Waals surface area contributed by atoms with Crippen molar-refractivity contribution < 1.29 is 4.79 Å². The second-order valence-electron chi connectivity index (χ2n) is 7.72. The van der Waals surface area contributed by atoms with Crippen LogP contribution in [0.4, 0.5) is 5.69 Å². The fourth-order valence-corrected chi connectivity index (χ4v) is 4.10. The Morgan fingerprint density at radius 3 is 2.76 bits per heavy atom. The van der Waals surface area contributed by atoms with Gasteiger partial charge in [0.1, 0.15) is 0 Å². The van der Waals surface area contributed by atoms with Crippen LogP contribution in [0.1, 0.15) is 51.8 Å². The van der Waals surface area contributed by atoms with Crippen molar-refractivity contribution >= 4 is 11.6 Å². The SMILES string of the molecule is CCNCc1ccccc1NC(=O)c1nn(-c2ccc(C)cc2C)c2c1CCC2. The van der Waals surface area contributed by atoms with E-state index in [9.17, 15) is 4.79 Å². The molecule has 1 heterocycles. The first-order valence-corrected chi connectivity index (χ1v) is 10.4. The number of rotatable bonds is 6. The van der Waals surface area contributed by atoms with Gasteiger partial charge in [-0.15, -0.1) is 0 Å². The molecule has 0 aliphatic heterocycles. The Kier molecular flexibility index (Phi) is 5.49. The molecule has 4 rings (SSSR count). The van der Waals surface area contributed by atoms with E-state index in [1.165, 1.54) is 16.8 Å². The number of hydrogen-bond acceptors (Lipinski definition) is 3. The van der Waals surface area contributed by atoms with Gasteiger partial charge in [0.05, 0.1) is 5.69 Å². The van der Waals surface area contributed by atoms with E-state index in [1.54, 1.807) is 0 Å². The summed E-state index contributed by atoms with van der Waals surface area (Å²) in [5, 5.41) is 11.2. The number of para-hydroxylation sites is 1. The molecule has 0 unspecified atom stereocenters. The van der Waals surface area contributed by atoms with Crippen LogP contribution in [0, 0.1) is 13.8 Å². The maximum Gasteiger partial charge on any atom is 0.276 e. The lowest BCUT2D eigenvalue weighted by Gasteiger charge is -2.11. The molecule has 1 aliphatic carbocycles. The molecule has 0 saturated carbocycles. The third kappa shape index (κ3) is 3.83. The monoisotopic (exact) mass is 388 g/mol. The highest BCUT2D eigenvalue weighted by atomic mass is 16.2. The van der Waals surface area contributed by atoms with E-state index in [1.807, 2.05) is 28.9 Å². The summed E-state index contributed by atoms with van der Waals surface area (Å²) in [6.45, 7) is 7.87. The molecule has 0 spiro atoms. The van der Waals surface area contributed by atoms with Crippen molar-refractivity contribution in [1.82, 2.24) is 15.1 Å². The van der Waals surface area contributed by atoms with E-state index < -0.39 is 0 Å². The molecule has 0 radical (unpaired) electrons. The number of nitrogens with zero attached hydrogens (tertiary/aromatic N) is 2. The Bertz CT molecular complexity index is 1050. The number of fused-ring (bicyclic) bond motifs is 1. The summed E-state index contributed by atoms with van der Waals surface area (Å²) in [4.78, 5) is 13.2. The van der Waals surface area contributed by atoms with E-state index in [2.05, 4.69) is 49.6 Å². The molecule has 1 amide bonds. The Morgan fingerprint density at radius 1 is 1.14 bits per heavy atom. The van der Waals surface area contributed by atoms with Gasteiger partial charge in [0.2, 0.25) is 0 Å². The van der Waals surface area contributed by atoms with Crippen LogP contribution in [0.3, 0.4) is 0 Å². The third-order valence-corrected chi connectivity index (χ3v) is 5.56. The minimum Gasteiger partial charge on any atom is -0.320 e. The van der Waals surface area contributed by atoms with Gasteiger partial charge in [0.25, 0.3) is 5.91 Å². The van der Waals surface area contributed by atoms with E-state index in [0.29, 0.717) is 5.69 Å². The average molecular weight is 389 g/mol. The van der Waals surface area contributed by atoms with Gasteiger partial charge < -0.3 is 10.6 Å². The minimum absolute atomic E-state index is 0.129. The Labute approximate surface area is 172 Å². The molecule has 5 heteroatoms. The summed E-state index contributed by atoms with van der Waals surface area (Å²) < 4.78 is 1.98. The molecule has 0 saturated heterocycles. The first-order chi connectivity index (χ1) is 14.1.